The van der Waals surface area contributed by atoms with Crippen LogP contribution in [0, 0.1) is 0 Å². The molecule has 0 aromatic heterocycles. The molecule has 1 N–H and O–H groups in total. The molecule has 0 aliphatic heterocycles. The first-order chi connectivity index (χ1) is 7.20. The largest absolute Gasteiger partial charge is 0.469 e. The van der Waals surface area contributed by atoms with Gasteiger partial charge in [0, 0.05) is 0 Å². The van der Waals surface area contributed by atoms with Crippen molar-refractivity contribution in [1.29, 1.82) is 0 Å². The summed E-state index contributed by atoms with van der Waals surface area (Å²) in [4.78, 5) is 10.8. The summed E-state index contributed by atoms with van der Waals surface area (Å²) in [7, 11) is 1.34. The monoisotopic (exact) mass is 214 g/mol. The van der Waals surface area contributed by atoms with Gasteiger partial charge in [0.15, 0.2) is 0 Å². The van der Waals surface area contributed by atoms with Crippen molar-refractivity contribution in [3.8, 4) is 0 Å². The van der Waals surface area contributed by atoms with Crippen molar-refractivity contribution in [1.82, 2.24) is 0 Å². The van der Waals surface area contributed by atoms with Gasteiger partial charge >= 0.3 is 5.97 Å². The second kappa shape index (κ2) is 9.71. The van der Waals surface area contributed by atoms with Crippen LogP contribution in [0.2, 0.25) is 0 Å². The molecule has 1 atom stereocenters. The van der Waals surface area contributed by atoms with E-state index in [0.29, 0.717) is 6.42 Å². The summed E-state index contributed by atoms with van der Waals surface area (Å²) in [5, 5.41) is 9.44. The fourth-order valence-electron chi connectivity index (χ4n) is 1.40. The molecule has 0 aliphatic carbocycles. The number of allylic oxidation sites excluding steroid dienone is 1. The van der Waals surface area contributed by atoms with Gasteiger partial charge in [-0.2, -0.15) is 0 Å². The first-order valence-corrected chi connectivity index (χ1v) is 5.56. The van der Waals surface area contributed by atoms with Crippen LogP contribution < -0.4 is 0 Å². The van der Waals surface area contributed by atoms with E-state index >= 15 is 0 Å². The number of aliphatic hydroxyl groups is 1. The zero-order chi connectivity index (χ0) is 11.5. The molecule has 0 aromatic rings. The van der Waals surface area contributed by atoms with Crippen LogP contribution in [0.4, 0.5) is 0 Å². The predicted octanol–water partition coefficient (Wildman–Crippen LogP) is 2.44. The number of rotatable bonds is 9. The minimum atomic E-state index is -0.545. The average molecular weight is 214 g/mol. The standard InChI is InChI=1S/C12H22O3/c1-3-4-5-6-7-8-9-11(13)10-12(14)15-2/h3,11,13H,1,4-10H2,2H3. The van der Waals surface area contributed by atoms with E-state index in [1.54, 1.807) is 0 Å². The van der Waals surface area contributed by atoms with E-state index in [2.05, 4.69) is 11.3 Å². The topological polar surface area (TPSA) is 46.5 Å². The highest BCUT2D eigenvalue weighted by Crippen LogP contribution is 2.09. The van der Waals surface area contributed by atoms with Crippen molar-refractivity contribution in [3.63, 3.8) is 0 Å². The molecule has 0 heterocycles. The van der Waals surface area contributed by atoms with Crippen LogP contribution in [0.25, 0.3) is 0 Å². The van der Waals surface area contributed by atoms with Crippen LogP contribution in [-0.4, -0.2) is 24.3 Å². The van der Waals surface area contributed by atoms with Crippen LogP contribution in [-0.2, 0) is 9.53 Å². The van der Waals surface area contributed by atoms with E-state index in [1.807, 2.05) is 6.08 Å². The summed E-state index contributed by atoms with van der Waals surface area (Å²) in [5.41, 5.74) is 0. The minimum absolute atomic E-state index is 0.114. The third-order valence-electron chi connectivity index (χ3n) is 2.33. The Hall–Kier alpha value is -0.830. The first kappa shape index (κ1) is 14.2. The van der Waals surface area contributed by atoms with Gasteiger partial charge in [-0.3, -0.25) is 4.79 Å². The molecule has 0 radical (unpaired) electrons. The third kappa shape index (κ3) is 9.47. The van der Waals surface area contributed by atoms with Crippen molar-refractivity contribution in [2.24, 2.45) is 0 Å². The lowest BCUT2D eigenvalue weighted by atomic mass is 10.1. The van der Waals surface area contributed by atoms with Gasteiger partial charge in [0.1, 0.15) is 0 Å². The van der Waals surface area contributed by atoms with Crippen molar-refractivity contribution in [2.75, 3.05) is 7.11 Å². The van der Waals surface area contributed by atoms with Crippen LogP contribution in [0.5, 0.6) is 0 Å². The molecule has 3 heteroatoms. The lowest BCUT2D eigenvalue weighted by Gasteiger charge is -2.08. The smallest absolute Gasteiger partial charge is 0.308 e. The van der Waals surface area contributed by atoms with Gasteiger partial charge in [-0.25, -0.2) is 0 Å². The Morgan fingerprint density at radius 2 is 2.07 bits per heavy atom. The van der Waals surface area contributed by atoms with Gasteiger partial charge in [0.2, 0.25) is 0 Å². The van der Waals surface area contributed by atoms with Crippen LogP contribution in [0.15, 0.2) is 12.7 Å². The zero-order valence-corrected chi connectivity index (χ0v) is 9.58. The molecular weight excluding hydrogens is 192 g/mol. The highest BCUT2D eigenvalue weighted by Gasteiger charge is 2.09. The molecule has 0 saturated carbocycles. The molecule has 15 heavy (non-hydrogen) atoms. The third-order valence-corrected chi connectivity index (χ3v) is 2.33. The minimum Gasteiger partial charge on any atom is -0.469 e. The SMILES string of the molecule is C=CCCCCCCC(O)CC(=O)OC. The maximum absolute atomic E-state index is 10.8. The summed E-state index contributed by atoms with van der Waals surface area (Å²) in [6, 6.07) is 0. The van der Waals surface area contributed by atoms with Gasteiger partial charge in [-0.15, -0.1) is 6.58 Å². The molecule has 88 valence electrons. The lowest BCUT2D eigenvalue weighted by Crippen LogP contribution is -2.14. The molecule has 0 aliphatic rings. The number of methoxy groups -OCH3 is 1. The number of aliphatic hydroxyl groups excluding tert-OH is 1. The van der Waals surface area contributed by atoms with E-state index in [0.717, 1.165) is 32.1 Å². The van der Waals surface area contributed by atoms with E-state index < -0.39 is 6.10 Å². The number of carbonyl (C=O) groups is 1. The first-order valence-electron chi connectivity index (χ1n) is 5.56. The van der Waals surface area contributed by atoms with E-state index in [4.69, 9.17) is 0 Å². The number of ether oxygens (including phenoxy) is 1. The zero-order valence-electron chi connectivity index (χ0n) is 9.58. The molecule has 0 aromatic carbocycles. The Kier molecular flexibility index (Phi) is 9.18. The van der Waals surface area contributed by atoms with Crippen LogP contribution in [0.1, 0.15) is 44.9 Å². The van der Waals surface area contributed by atoms with Gasteiger partial charge in [-0.05, 0) is 19.3 Å². The van der Waals surface area contributed by atoms with Crippen molar-refractivity contribution >= 4 is 5.97 Å². The Bertz CT molecular complexity index is 178. The number of unbranched alkanes of at least 4 members (excludes halogenated alkanes) is 4. The van der Waals surface area contributed by atoms with Crippen LogP contribution >= 0.6 is 0 Å². The molecule has 0 spiro atoms. The maximum Gasteiger partial charge on any atom is 0.308 e. The van der Waals surface area contributed by atoms with Crippen molar-refractivity contribution in [2.45, 2.75) is 51.0 Å². The highest BCUT2D eigenvalue weighted by atomic mass is 16.5. The van der Waals surface area contributed by atoms with E-state index in [9.17, 15) is 9.90 Å². The molecule has 3 nitrogen and oxygen atoms in total. The Labute approximate surface area is 92.1 Å². The number of esters is 1. The molecular formula is C12H22O3. The number of hydrogen-bond donors (Lipinski definition) is 1. The highest BCUT2D eigenvalue weighted by molar-refractivity contribution is 5.69. The second-order valence-corrected chi connectivity index (χ2v) is 3.71. The van der Waals surface area contributed by atoms with Gasteiger partial charge < -0.3 is 9.84 Å². The predicted molar refractivity (Wildman–Crippen MR) is 60.5 cm³/mol. The summed E-state index contributed by atoms with van der Waals surface area (Å²) in [6.45, 7) is 3.66. The van der Waals surface area contributed by atoms with E-state index in [-0.39, 0.29) is 12.4 Å². The van der Waals surface area contributed by atoms with Gasteiger partial charge in [0.05, 0.1) is 19.6 Å². The molecule has 1 unspecified atom stereocenters. The van der Waals surface area contributed by atoms with Gasteiger partial charge in [-0.1, -0.05) is 25.3 Å². The summed E-state index contributed by atoms with van der Waals surface area (Å²) < 4.78 is 4.47. The Morgan fingerprint density at radius 1 is 1.40 bits per heavy atom. The lowest BCUT2D eigenvalue weighted by molar-refractivity contribution is -0.142. The fourth-order valence-corrected chi connectivity index (χ4v) is 1.40. The summed E-state index contributed by atoms with van der Waals surface area (Å²) in [5.74, 6) is -0.339. The second-order valence-electron chi connectivity index (χ2n) is 3.71. The molecule has 0 fully saturated rings. The summed E-state index contributed by atoms with van der Waals surface area (Å²) in [6.07, 6.45) is 7.63. The van der Waals surface area contributed by atoms with Crippen molar-refractivity contribution < 1.29 is 14.6 Å². The summed E-state index contributed by atoms with van der Waals surface area (Å²) >= 11 is 0. The average Bonchev–Trinajstić information content (AvgIpc) is 2.23. The quantitative estimate of drug-likeness (QED) is 0.364. The van der Waals surface area contributed by atoms with E-state index in [1.165, 1.54) is 7.11 Å². The fraction of sp³-hybridized carbons (Fsp3) is 0.750. The van der Waals surface area contributed by atoms with Gasteiger partial charge in [0.25, 0.3) is 0 Å². The normalized spacial score (nSPS) is 12.1. The number of hydrogen-bond acceptors (Lipinski definition) is 3. The Morgan fingerprint density at radius 3 is 2.67 bits per heavy atom. The number of carbonyl (C=O) groups excluding carboxylic acids is 1. The maximum atomic E-state index is 10.8. The van der Waals surface area contributed by atoms with Crippen molar-refractivity contribution in [3.05, 3.63) is 12.7 Å². The molecule has 0 rings (SSSR count). The van der Waals surface area contributed by atoms with Crippen LogP contribution in [0.3, 0.4) is 0 Å². The molecule has 0 amide bonds. The molecule has 0 bridgehead atoms. The molecule has 0 saturated heterocycles. The Balaban J connectivity index is 3.27.